The predicted molar refractivity (Wildman–Crippen MR) is 111 cm³/mol. The van der Waals surface area contributed by atoms with Gasteiger partial charge in [0, 0.05) is 22.8 Å². The van der Waals surface area contributed by atoms with Crippen molar-refractivity contribution in [3.8, 4) is 11.5 Å². The van der Waals surface area contributed by atoms with E-state index in [0.29, 0.717) is 5.02 Å². The maximum absolute atomic E-state index is 12.8. The lowest BCUT2D eigenvalue weighted by molar-refractivity contribution is -0.189. The Hall–Kier alpha value is -3.30. The van der Waals surface area contributed by atoms with Crippen LogP contribution in [0.2, 0.25) is 10.0 Å². The van der Waals surface area contributed by atoms with Gasteiger partial charge in [0.25, 0.3) is 5.91 Å². The van der Waals surface area contributed by atoms with Crippen LogP contribution in [0.4, 0.5) is 18.9 Å². The van der Waals surface area contributed by atoms with Gasteiger partial charge in [-0.2, -0.15) is 13.2 Å². The third-order valence-corrected chi connectivity index (χ3v) is 4.51. The predicted octanol–water partition coefficient (Wildman–Crippen LogP) is 5.69. The molecule has 32 heavy (non-hydrogen) atoms. The van der Waals surface area contributed by atoms with E-state index in [-0.39, 0.29) is 34.2 Å². The van der Waals surface area contributed by atoms with Crippen molar-refractivity contribution >= 4 is 40.8 Å². The molecular weight excluding hydrogens is 472 g/mol. The molecule has 0 unspecified atom stereocenters. The molecule has 0 aliphatic carbocycles. The largest absolute Gasteiger partial charge is 0.491 e. The van der Waals surface area contributed by atoms with Crippen LogP contribution < -0.4 is 14.8 Å². The number of anilines is 1. The summed E-state index contributed by atoms with van der Waals surface area (Å²) in [6.45, 7) is -0.367. The lowest BCUT2D eigenvalue weighted by atomic mass is 10.1. The fraction of sp³-hybridized carbons (Fsp3) is 0.0952. The quantitative estimate of drug-likeness (QED) is 0.359. The highest BCUT2D eigenvalue weighted by Crippen LogP contribution is 2.32. The van der Waals surface area contributed by atoms with Gasteiger partial charge in [0.2, 0.25) is 0 Å². The van der Waals surface area contributed by atoms with Crippen molar-refractivity contribution in [1.82, 2.24) is 4.98 Å². The molecular formula is C21H13Cl2F3N2O4. The van der Waals surface area contributed by atoms with Gasteiger partial charge in [-0.3, -0.25) is 9.78 Å². The number of amides is 1. The monoisotopic (exact) mass is 484 g/mol. The summed E-state index contributed by atoms with van der Waals surface area (Å²) in [5, 5.41) is 2.99. The van der Waals surface area contributed by atoms with E-state index in [0.717, 1.165) is 0 Å². The van der Waals surface area contributed by atoms with Gasteiger partial charge >= 0.3 is 12.1 Å². The first-order valence-corrected chi connectivity index (χ1v) is 9.61. The molecule has 6 nitrogen and oxygen atoms in total. The van der Waals surface area contributed by atoms with Crippen LogP contribution >= 0.6 is 23.2 Å². The van der Waals surface area contributed by atoms with Crippen LogP contribution in [0, 0.1) is 0 Å². The number of para-hydroxylation sites is 1. The second kappa shape index (κ2) is 9.88. The summed E-state index contributed by atoms with van der Waals surface area (Å²) in [5.41, 5.74) is -0.0276. The topological polar surface area (TPSA) is 77.5 Å². The van der Waals surface area contributed by atoms with E-state index in [1.54, 1.807) is 6.07 Å². The van der Waals surface area contributed by atoms with Gasteiger partial charge in [0.15, 0.2) is 5.75 Å². The summed E-state index contributed by atoms with van der Waals surface area (Å²) < 4.78 is 48.6. The molecule has 3 rings (SSSR count). The molecule has 1 heterocycles. The molecule has 0 radical (unpaired) electrons. The van der Waals surface area contributed by atoms with Gasteiger partial charge in [-0.1, -0.05) is 35.3 Å². The molecule has 1 N–H and O–H groups in total. The van der Waals surface area contributed by atoms with Gasteiger partial charge in [0.05, 0.1) is 22.5 Å². The number of aromatic nitrogens is 1. The van der Waals surface area contributed by atoms with Crippen molar-refractivity contribution in [1.29, 1.82) is 0 Å². The molecule has 0 fully saturated rings. The maximum Gasteiger partial charge on any atom is 0.491 e. The molecule has 0 spiro atoms. The minimum Gasteiger partial charge on any atom is -0.487 e. The first-order valence-electron chi connectivity index (χ1n) is 8.85. The average Bonchev–Trinajstić information content (AvgIpc) is 2.75. The number of nitrogens with one attached hydrogen (secondary N) is 1. The molecule has 11 heteroatoms. The Morgan fingerprint density at radius 2 is 1.84 bits per heavy atom. The number of benzene rings is 2. The van der Waals surface area contributed by atoms with Crippen LogP contribution in [0.3, 0.4) is 0 Å². The Labute approximate surface area is 189 Å². The zero-order valence-corrected chi connectivity index (χ0v) is 17.5. The normalized spacial score (nSPS) is 11.0. The number of esters is 1. The minimum absolute atomic E-state index is 0.00233. The number of halogens is 5. The zero-order chi connectivity index (χ0) is 23.3. The van der Waals surface area contributed by atoms with Gasteiger partial charge in [0.1, 0.15) is 12.4 Å². The summed E-state index contributed by atoms with van der Waals surface area (Å²) >= 11 is 11.9. The third-order valence-electron chi connectivity index (χ3n) is 3.96. The minimum atomic E-state index is -5.28. The van der Waals surface area contributed by atoms with E-state index in [9.17, 15) is 22.8 Å². The number of carbonyl (C=O) groups is 2. The second-order valence-corrected chi connectivity index (χ2v) is 7.08. The Kier molecular flexibility index (Phi) is 7.22. The smallest absolute Gasteiger partial charge is 0.487 e. The number of hydrogen-bond acceptors (Lipinski definition) is 5. The third kappa shape index (κ3) is 5.89. The summed E-state index contributed by atoms with van der Waals surface area (Å²) in [6, 6.07) is 11.4. The second-order valence-electron chi connectivity index (χ2n) is 6.24. The summed E-state index contributed by atoms with van der Waals surface area (Å²) in [6.07, 6.45) is -2.46. The van der Waals surface area contributed by atoms with E-state index in [4.69, 9.17) is 27.9 Å². The number of ether oxygens (including phenoxy) is 2. The molecule has 0 bridgehead atoms. The molecule has 166 valence electrons. The summed E-state index contributed by atoms with van der Waals surface area (Å²) in [4.78, 5) is 28.1. The van der Waals surface area contributed by atoms with E-state index in [1.807, 2.05) is 0 Å². The fourth-order valence-corrected chi connectivity index (χ4v) is 2.86. The van der Waals surface area contributed by atoms with Crippen molar-refractivity contribution in [2.24, 2.45) is 0 Å². The van der Waals surface area contributed by atoms with Crippen molar-refractivity contribution < 1.29 is 32.2 Å². The number of pyridine rings is 1. The Balaban J connectivity index is 1.94. The summed E-state index contributed by atoms with van der Waals surface area (Å²) in [5.74, 6) is -3.75. The van der Waals surface area contributed by atoms with Gasteiger partial charge < -0.3 is 14.8 Å². The number of hydrogen-bond donors (Lipinski definition) is 1. The number of alkyl halides is 3. The Morgan fingerprint density at radius 3 is 2.53 bits per heavy atom. The highest BCUT2D eigenvalue weighted by molar-refractivity contribution is 6.34. The van der Waals surface area contributed by atoms with E-state index in [2.05, 4.69) is 15.0 Å². The average molecular weight is 485 g/mol. The molecule has 3 aromatic rings. The molecule has 0 saturated heterocycles. The molecule has 0 atom stereocenters. The van der Waals surface area contributed by atoms with Crippen molar-refractivity contribution in [3.05, 3.63) is 82.1 Å². The number of rotatable bonds is 6. The first-order chi connectivity index (χ1) is 15.1. The Bertz CT molecular complexity index is 1140. The number of nitrogens with zero attached hydrogens (tertiary/aromatic N) is 1. The van der Waals surface area contributed by atoms with Crippen LogP contribution in [0.25, 0.3) is 0 Å². The molecule has 0 aliphatic heterocycles. The number of carbonyl (C=O) groups excluding carboxylic acids is 2. The van der Waals surface area contributed by atoms with Crippen LogP contribution in [0.1, 0.15) is 15.9 Å². The van der Waals surface area contributed by atoms with Gasteiger partial charge in [-0.25, -0.2) is 4.79 Å². The lowest BCUT2D eigenvalue weighted by Gasteiger charge is -2.16. The van der Waals surface area contributed by atoms with Crippen LogP contribution in [0.5, 0.6) is 11.5 Å². The molecule has 0 aliphatic rings. The highest BCUT2D eigenvalue weighted by Gasteiger charge is 2.42. The maximum atomic E-state index is 12.8. The molecule has 0 saturated carbocycles. The summed E-state index contributed by atoms with van der Waals surface area (Å²) in [7, 11) is 0. The molecule has 2 aromatic carbocycles. The standard InChI is InChI=1S/C21H13Cl2F3N2O4/c22-13-6-7-16(23)17(9-13)31-11-12-3-1-5-15(18(12)32-20(30)21(24,25)26)19(29)28-14-4-2-8-27-10-14/h1-10H,11H2,(H,28,29). The zero-order valence-electron chi connectivity index (χ0n) is 16.0. The Morgan fingerprint density at radius 1 is 1.06 bits per heavy atom. The van der Waals surface area contributed by atoms with Crippen LogP contribution in [-0.2, 0) is 11.4 Å². The van der Waals surface area contributed by atoms with E-state index >= 15 is 0 Å². The van der Waals surface area contributed by atoms with Crippen molar-refractivity contribution in [2.75, 3.05) is 5.32 Å². The first kappa shape index (κ1) is 23.4. The van der Waals surface area contributed by atoms with Gasteiger partial charge in [-0.05, 0) is 30.3 Å². The van der Waals surface area contributed by atoms with Crippen LogP contribution in [0.15, 0.2) is 60.9 Å². The van der Waals surface area contributed by atoms with Crippen LogP contribution in [-0.4, -0.2) is 23.0 Å². The van der Waals surface area contributed by atoms with Gasteiger partial charge in [-0.15, -0.1) is 0 Å². The lowest BCUT2D eigenvalue weighted by Crippen LogP contribution is -2.29. The van der Waals surface area contributed by atoms with Crippen molar-refractivity contribution in [2.45, 2.75) is 12.8 Å². The molecule has 1 amide bonds. The van der Waals surface area contributed by atoms with E-state index in [1.165, 1.54) is 54.9 Å². The SMILES string of the molecule is O=C(Nc1cccnc1)c1cccc(COc2cc(Cl)ccc2Cl)c1OC(=O)C(F)(F)F. The van der Waals surface area contributed by atoms with Crippen molar-refractivity contribution in [3.63, 3.8) is 0 Å². The highest BCUT2D eigenvalue weighted by atomic mass is 35.5. The fourth-order valence-electron chi connectivity index (χ4n) is 2.53. The van der Waals surface area contributed by atoms with E-state index < -0.39 is 23.8 Å². The molecule has 1 aromatic heterocycles.